The summed E-state index contributed by atoms with van der Waals surface area (Å²) in [5.41, 5.74) is 1.05. The number of nitrogens with one attached hydrogen (secondary N) is 1. The molecule has 1 rings (SSSR count). The van der Waals surface area contributed by atoms with Crippen LogP contribution in [0.5, 0.6) is 0 Å². The average Bonchev–Trinajstić information content (AvgIpc) is 2.28. The Morgan fingerprint density at radius 3 is 2.69 bits per heavy atom. The van der Waals surface area contributed by atoms with Gasteiger partial charge in [-0.1, -0.05) is 19.9 Å². The van der Waals surface area contributed by atoms with Gasteiger partial charge in [0.25, 0.3) is 0 Å². The predicted molar refractivity (Wildman–Crippen MR) is 66.2 cm³/mol. The summed E-state index contributed by atoms with van der Waals surface area (Å²) >= 11 is 0. The fourth-order valence-corrected chi connectivity index (χ4v) is 1.59. The number of aliphatic hydroxyl groups is 1. The topological polar surface area (TPSA) is 45.1 Å². The predicted octanol–water partition coefficient (Wildman–Crippen LogP) is 1.48. The normalized spacial score (nSPS) is 13.0. The molecule has 0 saturated carbocycles. The largest absolute Gasteiger partial charge is 0.396 e. The molecular weight excluding hydrogens is 200 g/mol. The Kier molecular flexibility index (Phi) is 6.04. The molecule has 16 heavy (non-hydrogen) atoms. The monoisotopic (exact) mass is 222 g/mol. The van der Waals surface area contributed by atoms with Gasteiger partial charge in [0.15, 0.2) is 0 Å². The molecule has 90 valence electrons. The summed E-state index contributed by atoms with van der Waals surface area (Å²) in [7, 11) is 0. The van der Waals surface area contributed by atoms with Crippen LogP contribution in [-0.2, 0) is 6.42 Å². The van der Waals surface area contributed by atoms with Gasteiger partial charge in [0, 0.05) is 25.0 Å². The third-order valence-electron chi connectivity index (χ3n) is 2.47. The summed E-state index contributed by atoms with van der Waals surface area (Å²) < 4.78 is 0. The third-order valence-corrected chi connectivity index (χ3v) is 2.47. The smallest absolute Gasteiger partial charge is 0.0475 e. The molecule has 3 heteroatoms. The fraction of sp³-hybridized carbons (Fsp3) is 0.615. The lowest BCUT2D eigenvalue weighted by molar-refractivity contribution is 0.220. The van der Waals surface area contributed by atoms with Crippen LogP contribution in [-0.4, -0.2) is 29.8 Å². The zero-order valence-corrected chi connectivity index (χ0v) is 10.2. The highest BCUT2D eigenvalue weighted by atomic mass is 16.3. The van der Waals surface area contributed by atoms with Gasteiger partial charge in [-0.3, -0.25) is 4.98 Å². The van der Waals surface area contributed by atoms with E-state index in [1.807, 2.05) is 18.2 Å². The van der Waals surface area contributed by atoms with Crippen molar-refractivity contribution in [2.24, 2.45) is 11.8 Å². The van der Waals surface area contributed by atoms with Crippen molar-refractivity contribution in [1.29, 1.82) is 0 Å². The molecule has 0 aromatic carbocycles. The zero-order chi connectivity index (χ0) is 11.8. The van der Waals surface area contributed by atoms with E-state index in [2.05, 4.69) is 24.1 Å². The minimum absolute atomic E-state index is 0.210. The summed E-state index contributed by atoms with van der Waals surface area (Å²) in [5, 5.41) is 12.7. The molecule has 1 heterocycles. The number of aromatic nitrogens is 1. The molecule has 0 saturated heterocycles. The van der Waals surface area contributed by atoms with Crippen molar-refractivity contribution in [1.82, 2.24) is 10.3 Å². The van der Waals surface area contributed by atoms with E-state index in [4.69, 9.17) is 0 Å². The summed E-state index contributed by atoms with van der Waals surface area (Å²) in [5.74, 6) is 0.905. The molecule has 1 aromatic heterocycles. The van der Waals surface area contributed by atoms with Crippen molar-refractivity contribution in [3.8, 4) is 0 Å². The first-order valence-electron chi connectivity index (χ1n) is 5.94. The molecule has 0 spiro atoms. The molecule has 1 unspecified atom stereocenters. The van der Waals surface area contributed by atoms with Gasteiger partial charge in [-0.05, 0) is 36.9 Å². The molecule has 0 aliphatic rings. The molecule has 3 nitrogen and oxygen atoms in total. The van der Waals surface area contributed by atoms with Crippen LogP contribution >= 0.6 is 0 Å². The fourth-order valence-electron chi connectivity index (χ4n) is 1.59. The van der Waals surface area contributed by atoms with Gasteiger partial charge in [0.05, 0.1) is 0 Å². The molecule has 0 aliphatic heterocycles. The number of rotatable bonds is 7. The lowest BCUT2D eigenvalue weighted by atomic mass is 10.0. The van der Waals surface area contributed by atoms with E-state index in [1.165, 1.54) is 0 Å². The maximum absolute atomic E-state index is 9.28. The number of nitrogens with zero attached hydrogens (tertiary/aromatic N) is 1. The molecule has 0 fully saturated rings. The Morgan fingerprint density at radius 2 is 2.12 bits per heavy atom. The second-order valence-corrected chi connectivity index (χ2v) is 4.63. The van der Waals surface area contributed by atoms with Crippen molar-refractivity contribution >= 4 is 0 Å². The van der Waals surface area contributed by atoms with Crippen molar-refractivity contribution in [2.45, 2.75) is 20.3 Å². The van der Waals surface area contributed by atoms with Gasteiger partial charge in [-0.25, -0.2) is 0 Å². The van der Waals surface area contributed by atoms with Crippen LogP contribution in [0, 0.1) is 11.8 Å². The first kappa shape index (κ1) is 13.1. The SMILES string of the molecule is CC(C)CNCC(CO)Cc1ccccn1. The minimum Gasteiger partial charge on any atom is -0.396 e. The molecular formula is C13H22N2O. The van der Waals surface area contributed by atoms with Crippen LogP contribution in [0.4, 0.5) is 0 Å². The van der Waals surface area contributed by atoms with Crippen LogP contribution < -0.4 is 5.32 Å². The molecule has 0 radical (unpaired) electrons. The van der Waals surface area contributed by atoms with Gasteiger partial charge in [0.2, 0.25) is 0 Å². The lowest BCUT2D eigenvalue weighted by Crippen LogP contribution is -2.29. The first-order valence-corrected chi connectivity index (χ1v) is 5.94. The van der Waals surface area contributed by atoms with Gasteiger partial charge in [-0.2, -0.15) is 0 Å². The van der Waals surface area contributed by atoms with E-state index < -0.39 is 0 Å². The Balaban J connectivity index is 2.32. The van der Waals surface area contributed by atoms with E-state index in [-0.39, 0.29) is 12.5 Å². The van der Waals surface area contributed by atoms with Gasteiger partial charge in [0.1, 0.15) is 0 Å². The maximum atomic E-state index is 9.28. The summed E-state index contributed by atoms with van der Waals surface area (Å²) in [6, 6.07) is 5.90. The first-order chi connectivity index (χ1) is 7.72. The molecule has 1 aromatic rings. The van der Waals surface area contributed by atoms with Crippen molar-refractivity contribution < 1.29 is 5.11 Å². The second-order valence-electron chi connectivity index (χ2n) is 4.63. The van der Waals surface area contributed by atoms with E-state index in [9.17, 15) is 5.11 Å². The van der Waals surface area contributed by atoms with E-state index in [1.54, 1.807) is 6.20 Å². The van der Waals surface area contributed by atoms with E-state index in [0.29, 0.717) is 5.92 Å². The Bertz CT molecular complexity index is 275. The lowest BCUT2D eigenvalue weighted by Gasteiger charge is -2.15. The highest BCUT2D eigenvalue weighted by molar-refractivity contribution is 5.04. The van der Waals surface area contributed by atoms with Crippen LogP contribution in [0.15, 0.2) is 24.4 Å². The summed E-state index contributed by atoms with van der Waals surface area (Å²) in [6.45, 7) is 6.42. The molecule has 2 N–H and O–H groups in total. The van der Waals surface area contributed by atoms with E-state index in [0.717, 1.165) is 25.2 Å². The highest BCUT2D eigenvalue weighted by Gasteiger charge is 2.09. The van der Waals surface area contributed by atoms with Crippen LogP contribution in [0.3, 0.4) is 0 Å². The molecule has 0 bridgehead atoms. The van der Waals surface area contributed by atoms with Crippen LogP contribution in [0.2, 0.25) is 0 Å². The Labute approximate surface area is 97.9 Å². The maximum Gasteiger partial charge on any atom is 0.0475 e. The Morgan fingerprint density at radius 1 is 1.31 bits per heavy atom. The van der Waals surface area contributed by atoms with Gasteiger partial charge >= 0.3 is 0 Å². The quantitative estimate of drug-likeness (QED) is 0.734. The summed E-state index contributed by atoms with van der Waals surface area (Å²) in [4.78, 5) is 4.27. The second kappa shape index (κ2) is 7.36. The van der Waals surface area contributed by atoms with Gasteiger partial charge in [-0.15, -0.1) is 0 Å². The Hall–Kier alpha value is -0.930. The zero-order valence-electron chi connectivity index (χ0n) is 10.2. The van der Waals surface area contributed by atoms with Crippen LogP contribution in [0.1, 0.15) is 19.5 Å². The molecule has 0 amide bonds. The van der Waals surface area contributed by atoms with Crippen molar-refractivity contribution in [3.05, 3.63) is 30.1 Å². The standard InChI is InChI=1S/C13H22N2O/c1-11(2)8-14-9-12(10-16)7-13-5-3-4-6-15-13/h3-6,11-12,14,16H,7-10H2,1-2H3. The molecule has 0 aliphatic carbocycles. The van der Waals surface area contributed by atoms with Gasteiger partial charge < -0.3 is 10.4 Å². The number of pyridine rings is 1. The number of hydrogen-bond donors (Lipinski definition) is 2. The minimum atomic E-state index is 0.210. The van der Waals surface area contributed by atoms with Crippen molar-refractivity contribution in [3.63, 3.8) is 0 Å². The van der Waals surface area contributed by atoms with Crippen molar-refractivity contribution in [2.75, 3.05) is 19.7 Å². The highest BCUT2D eigenvalue weighted by Crippen LogP contribution is 2.05. The summed E-state index contributed by atoms with van der Waals surface area (Å²) in [6.07, 6.45) is 2.63. The third kappa shape index (κ3) is 5.24. The van der Waals surface area contributed by atoms with Crippen LogP contribution in [0.25, 0.3) is 0 Å². The average molecular weight is 222 g/mol. The van der Waals surface area contributed by atoms with E-state index >= 15 is 0 Å². The number of aliphatic hydroxyl groups excluding tert-OH is 1. The number of hydrogen-bond acceptors (Lipinski definition) is 3. The molecule has 1 atom stereocenters.